The molecule has 2 fully saturated rings. The van der Waals surface area contributed by atoms with Crippen molar-refractivity contribution in [3.8, 4) is 0 Å². The number of amides is 2. The molecular weight excluding hydrogens is 352 g/mol. The van der Waals surface area contributed by atoms with Gasteiger partial charge in [-0.05, 0) is 30.9 Å². The number of hydrogen-bond acceptors (Lipinski definition) is 3. The van der Waals surface area contributed by atoms with E-state index in [2.05, 4.69) is 22.7 Å². The smallest absolute Gasteiger partial charge is 0.228 e. The molecule has 6 heteroatoms. The van der Waals surface area contributed by atoms with Crippen molar-refractivity contribution < 1.29 is 9.59 Å². The molecule has 148 valence electrons. The van der Waals surface area contributed by atoms with Gasteiger partial charge in [-0.25, -0.2) is 4.98 Å². The van der Waals surface area contributed by atoms with Gasteiger partial charge in [0.15, 0.2) is 0 Å². The number of anilines is 1. The molecule has 28 heavy (non-hydrogen) atoms. The molecule has 1 atom stereocenters. The molecule has 1 unspecified atom stereocenters. The average molecular weight is 380 g/mol. The third-order valence-corrected chi connectivity index (χ3v) is 6.04. The average Bonchev–Trinajstić information content (AvgIpc) is 3.35. The van der Waals surface area contributed by atoms with E-state index in [0.717, 1.165) is 50.4 Å². The van der Waals surface area contributed by atoms with Gasteiger partial charge in [0.25, 0.3) is 0 Å². The lowest BCUT2D eigenvalue weighted by molar-refractivity contribution is -0.137. The van der Waals surface area contributed by atoms with Gasteiger partial charge in [0, 0.05) is 57.1 Å². The van der Waals surface area contributed by atoms with Crippen LogP contribution in [-0.2, 0) is 22.6 Å². The van der Waals surface area contributed by atoms with Crippen LogP contribution in [0.15, 0.2) is 42.7 Å². The Hall–Kier alpha value is -2.63. The molecule has 2 amide bonds. The molecule has 2 aliphatic heterocycles. The molecule has 0 bridgehead atoms. The molecule has 0 saturated carbocycles. The number of aryl methyl sites for hydroxylation is 1. The van der Waals surface area contributed by atoms with Crippen LogP contribution in [0.25, 0.3) is 0 Å². The summed E-state index contributed by atoms with van der Waals surface area (Å²) in [6.45, 7) is 5.18. The first-order chi connectivity index (χ1) is 13.7. The maximum Gasteiger partial charge on any atom is 0.228 e. The number of imidazole rings is 1. The fourth-order valence-corrected chi connectivity index (χ4v) is 4.42. The van der Waals surface area contributed by atoms with Crippen LogP contribution in [0.1, 0.15) is 32.0 Å². The largest absolute Gasteiger partial charge is 0.342 e. The summed E-state index contributed by atoms with van der Waals surface area (Å²) in [4.78, 5) is 33.5. The predicted molar refractivity (Wildman–Crippen MR) is 108 cm³/mol. The van der Waals surface area contributed by atoms with Gasteiger partial charge in [-0.3, -0.25) is 9.59 Å². The second-order valence-electron chi connectivity index (χ2n) is 7.86. The monoisotopic (exact) mass is 380 g/mol. The first-order valence-corrected chi connectivity index (χ1v) is 10.3. The van der Waals surface area contributed by atoms with Gasteiger partial charge in [-0.15, -0.1) is 0 Å². The number of carbonyl (C=O) groups excluding carboxylic acids is 2. The predicted octanol–water partition coefficient (Wildman–Crippen LogP) is 2.74. The van der Waals surface area contributed by atoms with Crippen LogP contribution in [0.2, 0.25) is 0 Å². The van der Waals surface area contributed by atoms with Crippen LogP contribution in [-0.4, -0.2) is 45.9 Å². The first kappa shape index (κ1) is 18.7. The van der Waals surface area contributed by atoms with E-state index in [1.54, 1.807) is 4.90 Å². The molecule has 0 spiro atoms. The zero-order valence-corrected chi connectivity index (χ0v) is 16.5. The molecule has 1 aromatic heterocycles. The number of rotatable bonds is 5. The van der Waals surface area contributed by atoms with Gasteiger partial charge < -0.3 is 14.4 Å². The minimum Gasteiger partial charge on any atom is -0.342 e. The molecule has 2 aliphatic rings. The summed E-state index contributed by atoms with van der Waals surface area (Å²) in [5, 5.41) is 0. The second kappa shape index (κ2) is 8.17. The van der Waals surface area contributed by atoms with E-state index in [9.17, 15) is 9.59 Å². The molecular formula is C22H28N4O2. The highest BCUT2D eigenvalue weighted by atomic mass is 16.2. The summed E-state index contributed by atoms with van der Waals surface area (Å²) in [5.41, 5.74) is 0.883. The quantitative estimate of drug-likeness (QED) is 0.801. The Bertz CT molecular complexity index is 824. The van der Waals surface area contributed by atoms with E-state index in [0.29, 0.717) is 18.9 Å². The Balaban J connectivity index is 1.31. The molecule has 6 nitrogen and oxygen atoms in total. The normalized spacial score (nSPS) is 20.8. The topological polar surface area (TPSA) is 58.4 Å². The third-order valence-electron chi connectivity index (χ3n) is 6.04. The van der Waals surface area contributed by atoms with Gasteiger partial charge in [-0.1, -0.05) is 25.1 Å². The Morgan fingerprint density at radius 3 is 2.64 bits per heavy atom. The molecule has 1 aromatic carbocycles. The molecule has 0 N–H and O–H groups in total. The lowest BCUT2D eigenvalue weighted by Gasteiger charge is -2.33. The molecule has 0 radical (unpaired) electrons. The Morgan fingerprint density at radius 1 is 1.18 bits per heavy atom. The van der Waals surface area contributed by atoms with Crippen LogP contribution < -0.4 is 4.90 Å². The van der Waals surface area contributed by atoms with Crippen molar-refractivity contribution in [3.05, 3.63) is 48.5 Å². The molecule has 4 rings (SSSR count). The number of carbonyl (C=O) groups is 2. The van der Waals surface area contributed by atoms with Gasteiger partial charge in [0.05, 0.1) is 5.92 Å². The number of para-hydroxylation sites is 1. The summed E-state index contributed by atoms with van der Waals surface area (Å²) < 4.78 is 2.25. The minimum atomic E-state index is -0.218. The fraction of sp³-hybridized carbons (Fsp3) is 0.500. The second-order valence-corrected chi connectivity index (χ2v) is 7.86. The summed E-state index contributed by atoms with van der Waals surface area (Å²) in [6.07, 6.45) is 7.21. The van der Waals surface area contributed by atoms with Crippen molar-refractivity contribution in [2.75, 3.05) is 24.5 Å². The summed E-state index contributed by atoms with van der Waals surface area (Å²) in [6, 6.07) is 9.64. The van der Waals surface area contributed by atoms with Gasteiger partial charge in [0.1, 0.15) is 5.82 Å². The Morgan fingerprint density at radius 2 is 1.93 bits per heavy atom. The zero-order valence-electron chi connectivity index (χ0n) is 16.5. The van der Waals surface area contributed by atoms with Gasteiger partial charge >= 0.3 is 0 Å². The highest BCUT2D eigenvalue weighted by Gasteiger charge is 2.38. The highest BCUT2D eigenvalue weighted by Crippen LogP contribution is 2.28. The number of benzene rings is 1. The number of piperidine rings is 1. The number of nitrogens with zero attached hydrogens (tertiary/aromatic N) is 4. The maximum atomic E-state index is 13.0. The molecule has 0 aliphatic carbocycles. The number of hydrogen-bond donors (Lipinski definition) is 0. The molecule has 2 saturated heterocycles. The van der Waals surface area contributed by atoms with E-state index in [4.69, 9.17) is 0 Å². The van der Waals surface area contributed by atoms with Crippen LogP contribution in [0.5, 0.6) is 0 Å². The van der Waals surface area contributed by atoms with Crippen molar-refractivity contribution in [1.82, 2.24) is 14.5 Å². The van der Waals surface area contributed by atoms with Crippen LogP contribution in [0.4, 0.5) is 5.69 Å². The lowest BCUT2D eigenvalue weighted by Crippen LogP contribution is -2.43. The summed E-state index contributed by atoms with van der Waals surface area (Å²) in [5.74, 6) is 1.68. The minimum absolute atomic E-state index is 0.0478. The van der Waals surface area contributed by atoms with Crippen molar-refractivity contribution >= 4 is 17.5 Å². The van der Waals surface area contributed by atoms with Gasteiger partial charge in [0.2, 0.25) is 11.8 Å². The Labute approximate surface area is 166 Å². The van der Waals surface area contributed by atoms with E-state index >= 15 is 0 Å². The zero-order chi connectivity index (χ0) is 19.5. The molecule has 2 aromatic rings. The summed E-state index contributed by atoms with van der Waals surface area (Å²) in [7, 11) is 0. The van der Waals surface area contributed by atoms with Gasteiger partial charge in [-0.2, -0.15) is 0 Å². The molecule has 3 heterocycles. The fourth-order valence-electron chi connectivity index (χ4n) is 4.42. The maximum absolute atomic E-state index is 13.0. The Kier molecular flexibility index (Phi) is 5.46. The number of aromatic nitrogens is 2. The SMILES string of the molecule is CCc1nccn1CC1CCN(C(=O)C2CC(=O)N(c3ccccc3)C2)CC1. The first-order valence-electron chi connectivity index (χ1n) is 10.3. The van der Waals surface area contributed by atoms with E-state index < -0.39 is 0 Å². The van der Waals surface area contributed by atoms with E-state index in [1.165, 1.54) is 0 Å². The summed E-state index contributed by atoms with van der Waals surface area (Å²) >= 11 is 0. The van der Waals surface area contributed by atoms with Crippen LogP contribution >= 0.6 is 0 Å². The lowest BCUT2D eigenvalue weighted by atomic mass is 9.95. The van der Waals surface area contributed by atoms with Crippen molar-refractivity contribution in [3.63, 3.8) is 0 Å². The van der Waals surface area contributed by atoms with E-state index in [1.807, 2.05) is 41.4 Å². The van der Waals surface area contributed by atoms with Crippen LogP contribution in [0, 0.1) is 11.8 Å². The highest BCUT2D eigenvalue weighted by molar-refractivity contribution is 6.00. The van der Waals surface area contributed by atoms with Crippen molar-refractivity contribution in [1.29, 1.82) is 0 Å². The number of likely N-dealkylation sites (tertiary alicyclic amines) is 1. The van der Waals surface area contributed by atoms with Crippen molar-refractivity contribution in [2.45, 2.75) is 39.2 Å². The van der Waals surface area contributed by atoms with Crippen molar-refractivity contribution in [2.24, 2.45) is 11.8 Å². The van der Waals surface area contributed by atoms with E-state index in [-0.39, 0.29) is 17.7 Å². The standard InChI is InChI=1S/C22H28N4O2/c1-2-20-23-10-13-25(20)15-17-8-11-24(12-9-17)22(28)18-14-21(27)26(16-18)19-6-4-3-5-7-19/h3-7,10,13,17-18H,2,8-9,11-12,14-16H2,1H3. The van der Waals surface area contributed by atoms with Crippen LogP contribution in [0.3, 0.4) is 0 Å². The third kappa shape index (κ3) is 3.81.